The lowest BCUT2D eigenvalue weighted by atomic mass is 10.1. The van der Waals surface area contributed by atoms with Crippen molar-refractivity contribution in [2.75, 3.05) is 17.7 Å². The number of nitrogens with two attached hydrogens (primary N) is 1. The van der Waals surface area contributed by atoms with Crippen LogP contribution in [-0.2, 0) is 4.79 Å². The van der Waals surface area contributed by atoms with Crippen LogP contribution in [0.1, 0.15) is 19.8 Å². The van der Waals surface area contributed by atoms with Crippen molar-refractivity contribution in [1.82, 2.24) is 15.0 Å². The van der Waals surface area contributed by atoms with Gasteiger partial charge in [0.25, 0.3) is 0 Å². The van der Waals surface area contributed by atoms with Gasteiger partial charge in [-0.3, -0.25) is 4.79 Å². The number of carbonyl (C=O) groups is 1. The Morgan fingerprint density at radius 1 is 1.15 bits per heavy atom. The minimum Gasteiger partial charge on any atom is -0.476 e. The number of amides is 1. The maximum atomic E-state index is 11.8. The van der Waals surface area contributed by atoms with Gasteiger partial charge in [0.15, 0.2) is 5.52 Å². The first-order chi connectivity index (χ1) is 12.6. The molecule has 26 heavy (non-hydrogen) atoms. The summed E-state index contributed by atoms with van der Waals surface area (Å²) in [4.78, 5) is 24.8. The Hall–Kier alpha value is -3.22. The summed E-state index contributed by atoms with van der Waals surface area (Å²) < 4.78 is 5.54. The number of fused-ring (bicyclic) bond motifs is 1. The first kappa shape index (κ1) is 16.3. The van der Waals surface area contributed by atoms with Crippen molar-refractivity contribution in [3.05, 3.63) is 36.4 Å². The predicted molar refractivity (Wildman–Crippen MR) is 99.7 cm³/mol. The van der Waals surface area contributed by atoms with Gasteiger partial charge >= 0.3 is 0 Å². The number of pyridine rings is 1. The number of nitrogens with one attached hydrogen (secondary N) is 1. The number of nitrogens with zero attached hydrogens (tertiary/aromatic N) is 3. The molecule has 3 aromatic rings. The SMILES string of the molecule is CCOc1nc(N)nc2ccc(-c3ccc(NC(=O)C4CC4)cc3)nc12. The Bertz CT molecular complexity index is 968. The Morgan fingerprint density at radius 3 is 2.62 bits per heavy atom. The van der Waals surface area contributed by atoms with Crippen molar-refractivity contribution >= 4 is 28.6 Å². The highest BCUT2D eigenvalue weighted by Gasteiger charge is 2.29. The molecule has 1 aromatic carbocycles. The van der Waals surface area contributed by atoms with E-state index in [1.165, 1.54) is 0 Å². The summed E-state index contributed by atoms with van der Waals surface area (Å²) in [5.41, 5.74) is 9.42. The Kier molecular flexibility index (Phi) is 4.12. The summed E-state index contributed by atoms with van der Waals surface area (Å²) in [6, 6.07) is 11.3. The normalized spacial score (nSPS) is 13.6. The fourth-order valence-electron chi connectivity index (χ4n) is 2.72. The van der Waals surface area contributed by atoms with E-state index < -0.39 is 0 Å². The number of hydrogen-bond acceptors (Lipinski definition) is 6. The van der Waals surface area contributed by atoms with Gasteiger partial charge < -0.3 is 15.8 Å². The van der Waals surface area contributed by atoms with Crippen molar-refractivity contribution < 1.29 is 9.53 Å². The van der Waals surface area contributed by atoms with Crippen LogP contribution >= 0.6 is 0 Å². The zero-order valence-electron chi connectivity index (χ0n) is 14.4. The quantitative estimate of drug-likeness (QED) is 0.734. The molecule has 0 atom stereocenters. The summed E-state index contributed by atoms with van der Waals surface area (Å²) in [5, 5.41) is 2.93. The summed E-state index contributed by atoms with van der Waals surface area (Å²) >= 11 is 0. The number of nitrogen functional groups attached to an aromatic ring is 1. The largest absolute Gasteiger partial charge is 0.476 e. The number of anilines is 2. The highest BCUT2D eigenvalue weighted by Crippen LogP contribution is 2.31. The lowest BCUT2D eigenvalue weighted by molar-refractivity contribution is -0.117. The average molecular weight is 349 g/mol. The van der Waals surface area contributed by atoms with Gasteiger partial charge in [0.2, 0.25) is 17.7 Å². The third-order valence-electron chi connectivity index (χ3n) is 4.21. The molecule has 2 aromatic heterocycles. The highest BCUT2D eigenvalue weighted by molar-refractivity contribution is 5.94. The molecule has 7 nitrogen and oxygen atoms in total. The number of carbonyl (C=O) groups excluding carboxylic acids is 1. The molecule has 0 saturated heterocycles. The molecule has 0 radical (unpaired) electrons. The van der Waals surface area contributed by atoms with Crippen LogP contribution in [0.25, 0.3) is 22.3 Å². The van der Waals surface area contributed by atoms with Gasteiger partial charge in [0.1, 0.15) is 0 Å². The van der Waals surface area contributed by atoms with E-state index in [0.29, 0.717) is 23.5 Å². The van der Waals surface area contributed by atoms with E-state index in [0.717, 1.165) is 29.8 Å². The highest BCUT2D eigenvalue weighted by atomic mass is 16.5. The van der Waals surface area contributed by atoms with E-state index in [1.807, 2.05) is 43.3 Å². The number of ether oxygens (including phenoxy) is 1. The summed E-state index contributed by atoms with van der Waals surface area (Å²) in [5.74, 6) is 0.815. The molecule has 0 aliphatic heterocycles. The molecule has 1 saturated carbocycles. The van der Waals surface area contributed by atoms with E-state index in [4.69, 9.17) is 10.5 Å². The lowest BCUT2D eigenvalue weighted by Gasteiger charge is -2.09. The standard InChI is InChI=1S/C19H19N5O2/c1-2-26-18-16-15(23-19(20)24-18)10-9-14(22-16)11-5-7-13(8-6-11)21-17(25)12-3-4-12/h5-10,12H,2-4H2,1H3,(H,21,25)(H2,20,23,24). The van der Waals surface area contributed by atoms with Crippen LogP contribution in [0.3, 0.4) is 0 Å². The summed E-state index contributed by atoms with van der Waals surface area (Å²) in [6.45, 7) is 2.34. The molecule has 132 valence electrons. The fraction of sp³-hybridized carbons (Fsp3) is 0.263. The van der Waals surface area contributed by atoms with E-state index >= 15 is 0 Å². The molecule has 7 heteroatoms. The van der Waals surface area contributed by atoms with Crippen molar-refractivity contribution in [1.29, 1.82) is 0 Å². The molecule has 1 aliphatic carbocycles. The molecular formula is C19H19N5O2. The first-order valence-electron chi connectivity index (χ1n) is 8.62. The van der Waals surface area contributed by atoms with Gasteiger partial charge in [-0.05, 0) is 44.0 Å². The molecule has 0 unspecified atom stereocenters. The van der Waals surface area contributed by atoms with Crippen LogP contribution in [0.5, 0.6) is 5.88 Å². The smallest absolute Gasteiger partial charge is 0.245 e. The van der Waals surface area contributed by atoms with E-state index in [2.05, 4.69) is 20.3 Å². The van der Waals surface area contributed by atoms with Crippen LogP contribution in [0, 0.1) is 5.92 Å². The molecular weight excluding hydrogens is 330 g/mol. The molecule has 0 bridgehead atoms. The number of rotatable bonds is 5. The van der Waals surface area contributed by atoms with Gasteiger partial charge in [-0.15, -0.1) is 0 Å². The second kappa shape index (κ2) is 6.59. The fourth-order valence-corrected chi connectivity index (χ4v) is 2.72. The maximum Gasteiger partial charge on any atom is 0.245 e. The second-order valence-corrected chi connectivity index (χ2v) is 6.23. The number of benzene rings is 1. The Balaban J connectivity index is 1.64. The number of aromatic nitrogens is 3. The molecule has 3 N–H and O–H groups in total. The molecule has 0 spiro atoms. The van der Waals surface area contributed by atoms with Gasteiger partial charge in [-0.2, -0.15) is 4.98 Å². The van der Waals surface area contributed by atoms with E-state index in [-0.39, 0.29) is 17.8 Å². The van der Waals surface area contributed by atoms with E-state index in [1.54, 1.807) is 0 Å². The topological polar surface area (TPSA) is 103 Å². The summed E-state index contributed by atoms with van der Waals surface area (Å²) in [7, 11) is 0. The third-order valence-corrected chi connectivity index (χ3v) is 4.21. The Labute approximate surface area is 150 Å². The zero-order valence-corrected chi connectivity index (χ0v) is 14.4. The van der Waals surface area contributed by atoms with Crippen molar-refractivity contribution in [3.63, 3.8) is 0 Å². The Morgan fingerprint density at radius 2 is 1.92 bits per heavy atom. The molecule has 1 aliphatic rings. The van der Waals surface area contributed by atoms with Crippen molar-refractivity contribution in [2.45, 2.75) is 19.8 Å². The second-order valence-electron chi connectivity index (χ2n) is 6.23. The summed E-state index contributed by atoms with van der Waals surface area (Å²) in [6.07, 6.45) is 1.97. The average Bonchev–Trinajstić information content (AvgIpc) is 3.47. The molecule has 2 heterocycles. The van der Waals surface area contributed by atoms with Crippen molar-refractivity contribution in [3.8, 4) is 17.1 Å². The molecule has 1 amide bonds. The minimum atomic E-state index is 0.0951. The monoisotopic (exact) mass is 349 g/mol. The van der Waals surface area contributed by atoms with Gasteiger partial charge in [0, 0.05) is 17.2 Å². The molecule has 1 fully saturated rings. The van der Waals surface area contributed by atoms with Crippen LogP contribution < -0.4 is 15.8 Å². The predicted octanol–water partition coefficient (Wildman–Crippen LogP) is 3.02. The zero-order chi connectivity index (χ0) is 18.1. The first-order valence-corrected chi connectivity index (χ1v) is 8.62. The van der Waals surface area contributed by atoms with Crippen LogP contribution in [0.15, 0.2) is 36.4 Å². The third kappa shape index (κ3) is 3.28. The van der Waals surface area contributed by atoms with Gasteiger partial charge in [-0.25, -0.2) is 9.97 Å². The lowest BCUT2D eigenvalue weighted by Crippen LogP contribution is -2.12. The van der Waals surface area contributed by atoms with Crippen molar-refractivity contribution in [2.24, 2.45) is 5.92 Å². The molecule has 4 rings (SSSR count). The number of hydrogen-bond donors (Lipinski definition) is 2. The van der Waals surface area contributed by atoms with Crippen LogP contribution in [0.4, 0.5) is 11.6 Å². The van der Waals surface area contributed by atoms with Gasteiger partial charge in [0.05, 0.1) is 17.8 Å². The van der Waals surface area contributed by atoms with Crippen LogP contribution in [-0.4, -0.2) is 27.5 Å². The van der Waals surface area contributed by atoms with Gasteiger partial charge in [-0.1, -0.05) is 12.1 Å². The minimum absolute atomic E-state index is 0.0951. The van der Waals surface area contributed by atoms with E-state index in [9.17, 15) is 4.79 Å². The maximum absolute atomic E-state index is 11.8. The van der Waals surface area contributed by atoms with Crippen LogP contribution in [0.2, 0.25) is 0 Å².